The summed E-state index contributed by atoms with van der Waals surface area (Å²) in [6.45, 7) is 0. The van der Waals surface area contributed by atoms with Crippen LogP contribution in [0, 0.1) is 0 Å². The molecule has 0 unspecified atom stereocenters. The zero-order chi connectivity index (χ0) is 13.7. The standard InChI is InChI=1S/C14H7BrO4/c15-6-4-8-12(10(17)5-6)13(18)7-2-1-3-9(16)11(7)14(8)19/h1-5,16-17H. The van der Waals surface area contributed by atoms with E-state index in [2.05, 4.69) is 15.9 Å². The van der Waals surface area contributed by atoms with Gasteiger partial charge in [0.15, 0.2) is 11.6 Å². The molecule has 0 saturated carbocycles. The highest BCUT2D eigenvalue weighted by Gasteiger charge is 2.34. The summed E-state index contributed by atoms with van der Waals surface area (Å²) >= 11 is 3.16. The van der Waals surface area contributed by atoms with Crippen LogP contribution in [0.25, 0.3) is 0 Å². The van der Waals surface area contributed by atoms with Crippen LogP contribution in [0.4, 0.5) is 0 Å². The molecule has 0 atom stereocenters. The number of ketones is 2. The summed E-state index contributed by atoms with van der Waals surface area (Å²) in [6, 6.07) is 7.12. The highest BCUT2D eigenvalue weighted by atomic mass is 79.9. The smallest absolute Gasteiger partial charge is 0.198 e. The van der Waals surface area contributed by atoms with Gasteiger partial charge in [0.2, 0.25) is 0 Å². The van der Waals surface area contributed by atoms with Crippen LogP contribution >= 0.6 is 15.9 Å². The molecule has 0 fully saturated rings. The first-order valence-corrected chi connectivity index (χ1v) is 6.24. The molecule has 0 aromatic heterocycles. The van der Waals surface area contributed by atoms with Gasteiger partial charge in [-0.2, -0.15) is 0 Å². The van der Waals surface area contributed by atoms with Crippen molar-refractivity contribution >= 4 is 27.5 Å². The van der Waals surface area contributed by atoms with Gasteiger partial charge >= 0.3 is 0 Å². The molecule has 0 heterocycles. The lowest BCUT2D eigenvalue weighted by Gasteiger charge is -2.19. The number of benzene rings is 2. The van der Waals surface area contributed by atoms with Gasteiger partial charge in [0, 0.05) is 15.6 Å². The Kier molecular flexibility index (Phi) is 2.46. The fraction of sp³-hybridized carbons (Fsp3) is 0. The van der Waals surface area contributed by atoms with Crippen LogP contribution in [0.3, 0.4) is 0 Å². The van der Waals surface area contributed by atoms with Gasteiger partial charge in [0.05, 0.1) is 11.1 Å². The number of carbonyl (C=O) groups excluding carboxylic acids is 2. The minimum atomic E-state index is -0.473. The summed E-state index contributed by atoms with van der Waals surface area (Å²) in [5.74, 6) is -1.43. The molecule has 5 heteroatoms. The van der Waals surface area contributed by atoms with E-state index in [1.54, 1.807) is 0 Å². The third-order valence-electron chi connectivity index (χ3n) is 3.07. The molecule has 1 aliphatic rings. The number of aromatic hydroxyl groups is 2. The topological polar surface area (TPSA) is 74.6 Å². The van der Waals surface area contributed by atoms with Gasteiger partial charge in [-0.1, -0.05) is 28.1 Å². The Balaban J connectivity index is 2.40. The summed E-state index contributed by atoms with van der Waals surface area (Å²) in [5, 5.41) is 19.6. The van der Waals surface area contributed by atoms with Gasteiger partial charge < -0.3 is 10.2 Å². The normalized spacial score (nSPS) is 13.1. The number of rotatable bonds is 0. The first-order valence-electron chi connectivity index (χ1n) is 5.44. The molecule has 4 nitrogen and oxygen atoms in total. The fourth-order valence-electron chi connectivity index (χ4n) is 2.25. The molecule has 0 spiro atoms. The monoisotopic (exact) mass is 318 g/mol. The minimum absolute atomic E-state index is 0.0162. The molecule has 19 heavy (non-hydrogen) atoms. The van der Waals surface area contributed by atoms with Crippen LogP contribution in [0.1, 0.15) is 31.8 Å². The second-order valence-electron chi connectivity index (χ2n) is 4.21. The minimum Gasteiger partial charge on any atom is -0.507 e. The van der Waals surface area contributed by atoms with Crippen LogP contribution in [0.5, 0.6) is 11.5 Å². The second-order valence-corrected chi connectivity index (χ2v) is 5.12. The number of fused-ring (bicyclic) bond motifs is 2. The van der Waals surface area contributed by atoms with E-state index < -0.39 is 11.6 Å². The Bertz CT molecular complexity index is 749. The van der Waals surface area contributed by atoms with E-state index in [0.717, 1.165) is 0 Å². The van der Waals surface area contributed by atoms with E-state index in [9.17, 15) is 19.8 Å². The first-order chi connectivity index (χ1) is 9.00. The number of carbonyl (C=O) groups is 2. The average molecular weight is 319 g/mol. The molecule has 94 valence electrons. The summed E-state index contributed by atoms with van der Waals surface area (Å²) in [7, 11) is 0. The molecule has 0 radical (unpaired) electrons. The zero-order valence-electron chi connectivity index (χ0n) is 9.48. The van der Waals surface area contributed by atoms with Gasteiger partial charge in [-0.05, 0) is 18.2 Å². The van der Waals surface area contributed by atoms with Crippen molar-refractivity contribution in [2.45, 2.75) is 0 Å². The highest BCUT2D eigenvalue weighted by Crippen LogP contribution is 2.37. The maximum atomic E-state index is 12.3. The Morgan fingerprint density at radius 2 is 1.47 bits per heavy atom. The molecule has 0 amide bonds. The molecule has 1 aliphatic carbocycles. The molecular formula is C14H7BrO4. The van der Waals surface area contributed by atoms with Crippen molar-refractivity contribution < 1.29 is 19.8 Å². The van der Waals surface area contributed by atoms with Crippen molar-refractivity contribution in [2.24, 2.45) is 0 Å². The third kappa shape index (κ3) is 1.58. The third-order valence-corrected chi connectivity index (χ3v) is 3.53. The van der Waals surface area contributed by atoms with Crippen molar-refractivity contribution in [2.75, 3.05) is 0 Å². The van der Waals surface area contributed by atoms with Crippen LogP contribution in [-0.2, 0) is 0 Å². The van der Waals surface area contributed by atoms with Gasteiger partial charge in [0.1, 0.15) is 11.5 Å². The molecular weight excluding hydrogens is 312 g/mol. The van der Waals surface area contributed by atoms with Crippen LogP contribution in [-0.4, -0.2) is 21.8 Å². The van der Waals surface area contributed by atoms with Gasteiger partial charge in [0.25, 0.3) is 0 Å². The van der Waals surface area contributed by atoms with E-state index in [1.807, 2.05) is 0 Å². The van der Waals surface area contributed by atoms with Crippen molar-refractivity contribution in [3.63, 3.8) is 0 Å². The number of hydrogen-bond donors (Lipinski definition) is 2. The van der Waals surface area contributed by atoms with E-state index in [4.69, 9.17) is 0 Å². The summed E-state index contributed by atoms with van der Waals surface area (Å²) in [5.41, 5.74) is 0.157. The fourth-order valence-corrected chi connectivity index (χ4v) is 2.69. The van der Waals surface area contributed by atoms with Crippen molar-refractivity contribution in [3.05, 3.63) is 57.1 Å². The van der Waals surface area contributed by atoms with Gasteiger partial charge in [-0.15, -0.1) is 0 Å². The Labute approximate surface area is 116 Å². The molecule has 2 aromatic rings. The number of phenolic OH excluding ortho intramolecular Hbond substituents is 2. The van der Waals surface area contributed by atoms with Crippen LogP contribution in [0.15, 0.2) is 34.8 Å². The van der Waals surface area contributed by atoms with E-state index in [0.29, 0.717) is 4.47 Å². The van der Waals surface area contributed by atoms with Gasteiger partial charge in [-0.3, -0.25) is 9.59 Å². The Morgan fingerprint density at radius 3 is 2.21 bits per heavy atom. The van der Waals surface area contributed by atoms with Crippen molar-refractivity contribution in [3.8, 4) is 11.5 Å². The maximum Gasteiger partial charge on any atom is 0.198 e. The number of phenols is 2. The highest BCUT2D eigenvalue weighted by molar-refractivity contribution is 9.10. The summed E-state index contributed by atoms with van der Waals surface area (Å²) < 4.78 is 0.490. The Hall–Kier alpha value is -2.14. The van der Waals surface area contributed by atoms with Crippen LogP contribution in [0.2, 0.25) is 0 Å². The van der Waals surface area contributed by atoms with Crippen molar-refractivity contribution in [1.82, 2.24) is 0 Å². The van der Waals surface area contributed by atoms with E-state index in [1.165, 1.54) is 30.3 Å². The summed E-state index contributed by atoms with van der Waals surface area (Å²) in [6.07, 6.45) is 0. The lowest BCUT2D eigenvalue weighted by molar-refractivity contribution is 0.0974. The lowest BCUT2D eigenvalue weighted by Crippen LogP contribution is -2.21. The second kappa shape index (κ2) is 3.93. The lowest BCUT2D eigenvalue weighted by atomic mass is 9.83. The first kappa shape index (κ1) is 11.9. The predicted molar refractivity (Wildman–Crippen MR) is 70.8 cm³/mol. The van der Waals surface area contributed by atoms with E-state index >= 15 is 0 Å². The van der Waals surface area contributed by atoms with E-state index in [-0.39, 0.29) is 33.8 Å². The largest absolute Gasteiger partial charge is 0.507 e. The predicted octanol–water partition coefficient (Wildman–Crippen LogP) is 2.64. The molecule has 0 aliphatic heterocycles. The quantitative estimate of drug-likeness (QED) is 0.668. The Morgan fingerprint density at radius 1 is 0.842 bits per heavy atom. The SMILES string of the molecule is O=C1c2cc(Br)cc(O)c2C(=O)c2cccc(O)c21. The molecule has 2 aromatic carbocycles. The number of hydrogen-bond acceptors (Lipinski definition) is 4. The number of halogens is 1. The average Bonchev–Trinajstić information content (AvgIpc) is 2.35. The molecule has 0 bridgehead atoms. The van der Waals surface area contributed by atoms with Crippen molar-refractivity contribution in [1.29, 1.82) is 0 Å². The maximum absolute atomic E-state index is 12.3. The van der Waals surface area contributed by atoms with Gasteiger partial charge in [-0.25, -0.2) is 0 Å². The van der Waals surface area contributed by atoms with Crippen LogP contribution < -0.4 is 0 Å². The summed E-state index contributed by atoms with van der Waals surface area (Å²) in [4.78, 5) is 24.6. The molecule has 0 saturated heterocycles. The zero-order valence-corrected chi connectivity index (χ0v) is 11.1. The molecule has 3 rings (SSSR count). The molecule has 2 N–H and O–H groups in total.